The van der Waals surface area contributed by atoms with Gasteiger partial charge in [0.15, 0.2) is 0 Å². The zero-order valence-corrected chi connectivity index (χ0v) is 9.38. The van der Waals surface area contributed by atoms with E-state index >= 15 is 0 Å². The van der Waals surface area contributed by atoms with Crippen molar-refractivity contribution in [1.29, 1.82) is 0 Å². The van der Waals surface area contributed by atoms with E-state index in [1.165, 1.54) is 12.5 Å². The number of nitrogens with zero attached hydrogens (tertiary/aromatic N) is 2. The molecule has 0 saturated carbocycles. The average molecular weight is 235 g/mol. The van der Waals surface area contributed by atoms with E-state index in [0.29, 0.717) is 18.2 Å². The number of rotatable bonds is 5. The summed E-state index contributed by atoms with van der Waals surface area (Å²) in [7, 11) is 0. The Morgan fingerprint density at radius 2 is 2.12 bits per heavy atom. The maximum Gasteiger partial charge on any atom is 0.406 e. The third kappa shape index (κ3) is 5.16. The minimum absolute atomic E-state index is 0.503. The van der Waals surface area contributed by atoms with E-state index in [0.717, 1.165) is 11.1 Å². The van der Waals surface area contributed by atoms with Gasteiger partial charge in [-0.05, 0) is 12.5 Å². The summed E-state index contributed by atoms with van der Waals surface area (Å²) in [5, 5.41) is 3.12. The minimum atomic E-state index is -4.19. The Bertz CT molecular complexity index is 317. The Morgan fingerprint density at radius 1 is 1.44 bits per heavy atom. The molecule has 0 fully saturated rings. The van der Waals surface area contributed by atoms with Crippen LogP contribution >= 0.6 is 0 Å². The van der Waals surface area contributed by atoms with Crippen molar-refractivity contribution in [2.24, 2.45) is 5.92 Å². The highest BCUT2D eigenvalue weighted by Crippen LogP contribution is 2.17. The van der Waals surface area contributed by atoms with Crippen LogP contribution < -0.4 is 5.32 Å². The average Bonchev–Trinajstić information content (AvgIpc) is 2.48. The van der Waals surface area contributed by atoms with Gasteiger partial charge < -0.3 is 9.88 Å². The van der Waals surface area contributed by atoms with Crippen LogP contribution in [0.4, 0.5) is 13.2 Å². The predicted octanol–water partition coefficient (Wildman–Crippen LogP) is 2.19. The monoisotopic (exact) mass is 235 g/mol. The Morgan fingerprint density at radius 3 is 2.69 bits per heavy atom. The molecule has 0 bridgehead atoms. The lowest BCUT2D eigenvalue weighted by molar-refractivity contribution is -0.140. The molecule has 16 heavy (non-hydrogen) atoms. The Hall–Kier alpha value is -1.04. The molecule has 3 nitrogen and oxygen atoms in total. The molecule has 1 N–H and O–H groups in total. The first-order valence-corrected chi connectivity index (χ1v) is 5.15. The van der Waals surface area contributed by atoms with Crippen molar-refractivity contribution in [2.45, 2.75) is 33.1 Å². The van der Waals surface area contributed by atoms with Gasteiger partial charge in [-0.25, -0.2) is 4.98 Å². The first kappa shape index (κ1) is 13.0. The fraction of sp³-hybridized carbons (Fsp3) is 0.700. The fourth-order valence-corrected chi connectivity index (χ4v) is 1.28. The topological polar surface area (TPSA) is 29.9 Å². The smallest absolute Gasteiger partial charge is 0.328 e. The van der Waals surface area contributed by atoms with Crippen LogP contribution in [-0.4, -0.2) is 22.3 Å². The summed E-state index contributed by atoms with van der Waals surface area (Å²) in [5.41, 5.74) is 0.630. The van der Waals surface area contributed by atoms with Gasteiger partial charge in [0.25, 0.3) is 0 Å². The second-order valence-electron chi connectivity index (χ2n) is 4.18. The molecule has 0 atom stereocenters. The first-order chi connectivity index (χ1) is 7.37. The Labute approximate surface area is 92.7 Å². The first-order valence-electron chi connectivity index (χ1n) is 5.15. The van der Waals surface area contributed by atoms with Gasteiger partial charge in [-0.2, -0.15) is 13.2 Å². The van der Waals surface area contributed by atoms with Gasteiger partial charge in [0, 0.05) is 12.7 Å². The normalized spacial score (nSPS) is 12.4. The van der Waals surface area contributed by atoms with Gasteiger partial charge in [0.05, 0.1) is 12.0 Å². The zero-order valence-electron chi connectivity index (χ0n) is 9.38. The number of hydrogen-bond acceptors (Lipinski definition) is 2. The highest BCUT2D eigenvalue weighted by molar-refractivity contribution is 4.96. The van der Waals surface area contributed by atoms with Gasteiger partial charge >= 0.3 is 6.18 Å². The summed E-state index contributed by atoms with van der Waals surface area (Å²) < 4.78 is 37.2. The highest BCUT2D eigenvalue weighted by Gasteiger charge is 2.27. The molecule has 0 radical (unpaired) electrons. The van der Waals surface area contributed by atoms with E-state index in [1.54, 1.807) is 0 Å². The summed E-state index contributed by atoms with van der Waals surface area (Å²) in [6.07, 6.45) is -1.57. The number of nitrogens with one attached hydrogen (secondary N) is 1. The van der Waals surface area contributed by atoms with Crippen molar-refractivity contribution in [1.82, 2.24) is 14.9 Å². The predicted molar refractivity (Wildman–Crippen MR) is 54.8 cm³/mol. The summed E-state index contributed by atoms with van der Waals surface area (Å²) >= 11 is 0. The van der Waals surface area contributed by atoms with Crippen molar-refractivity contribution in [3.05, 3.63) is 18.2 Å². The van der Waals surface area contributed by atoms with Crippen LogP contribution in [-0.2, 0) is 13.1 Å². The number of aromatic nitrogens is 2. The van der Waals surface area contributed by atoms with E-state index in [2.05, 4.69) is 24.1 Å². The van der Waals surface area contributed by atoms with Crippen LogP contribution in [0.2, 0.25) is 0 Å². The molecule has 0 saturated heterocycles. The molecule has 1 rings (SSSR count). The largest absolute Gasteiger partial charge is 0.406 e. The molecule has 1 heterocycles. The van der Waals surface area contributed by atoms with Crippen LogP contribution in [0.15, 0.2) is 12.5 Å². The van der Waals surface area contributed by atoms with Crippen LogP contribution in [0.1, 0.15) is 19.5 Å². The van der Waals surface area contributed by atoms with Crippen LogP contribution in [0.5, 0.6) is 0 Å². The highest BCUT2D eigenvalue weighted by atomic mass is 19.4. The molecule has 92 valence electrons. The minimum Gasteiger partial charge on any atom is -0.328 e. The van der Waals surface area contributed by atoms with Crippen LogP contribution in [0.3, 0.4) is 0 Å². The maximum atomic E-state index is 12.0. The van der Waals surface area contributed by atoms with Gasteiger partial charge in [0.1, 0.15) is 6.54 Å². The van der Waals surface area contributed by atoms with E-state index in [4.69, 9.17) is 0 Å². The van der Waals surface area contributed by atoms with Gasteiger partial charge in [-0.15, -0.1) is 0 Å². The SMILES string of the molecule is CC(C)CNCc1cn(CC(F)(F)F)cn1. The Kier molecular flexibility index (Phi) is 4.35. The van der Waals surface area contributed by atoms with Crippen molar-refractivity contribution in [2.75, 3.05) is 6.54 Å². The maximum absolute atomic E-state index is 12.0. The van der Waals surface area contributed by atoms with Gasteiger partial charge in [0.2, 0.25) is 0 Å². The molecule has 1 aromatic rings. The number of hydrogen-bond donors (Lipinski definition) is 1. The lowest BCUT2D eigenvalue weighted by Gasteiger charge is -2.06. The number of halogens is 3. The number of alkyl halides is 3. The molecule has 0 aliphatic heterocycles. The summed E-state index contributed by atoms with van der Waals surface area (Å²) in [4.78, 5) is 3.90. The molecule has 0 unspecified atom stereocenters. The van der Waals surface area contributed by atoms with Crippen molar-refractivity contribution in [3.63, 3.8) is 0 Å². The molecule has 0 aliphatic rings. The number of imidazole rings is 1. The lowest BCUT2D eigenvalue weighted by atomic mass is 10.2. The second-order valence-corrected chi connectivity index (χ2v) is 4.18. The molecule has 6 heteroatoms. The molecular weight excluding hydrogens is 219 g/mol. The van der Waals surface area contributed by atoms with Crippen LogP contribution in [0.25, 0.3) is 0 Å². The third-order valence-electron chi connectivity index (χ3n) is 1.91. The summed E-state index contributed by atoms with van der Waals surface area (Å²) in [6, 6.07) is 0. The Balaban J connectivity index is 2.40. The second kappa shape index (κ2) is 5.34. The van der Waals surface area contributed by atoms with Gasteiger partial charge in [-0.3, -0.25) is 0 Å². The molecular formula is C10H16F3N3. The fourth-order valence-electron chi connectivity index (χ4n) is 1.28. The summed E-state index contributed by atoms with van der Waals surface area (Å²) in [6.45, 7) is 4.48. The molecule has 1 aromatic heterocycles. The van der Waals surface area contributed by atoms with Crippen molar-refractivity contribution >= 4 is 0 Å². The third-order valence-corrected chi connectivity index (χ3v) is 1.91. The molecule has 0 amide bonds. The van der Waals surface area contributed by atoms with E-state index in [1.807, 2.05) is 0 Å². The van der Waals surface area contributed by atoms with E-state index in [9.17, 15) is 13.2 Å². The standard InChI is InChI=1S/C10H16F3N3/c1-8(2)3-14-4-9-5-16(7-15-9)6-10(11,12)13/h5,7-8,14H,3-4,6H2,1-2H3. The van der Waals surface area contributed by atoms with E-state index in [-0.39, 0.29) is 0 Å². The van der Waals surface area contributed by atoms with Crippen LogP contribution in [0, 0.1) is 5.92 Å². The molecule has 0 aliphatic carbocycles. The van der Waals surface area contributed by atoms with Gasteiger partial charge in [-0.1, -0.05) is 13.8 Å². The van der Waals surface area contributed by atoms with E-state index < -0.39 is 12.7 Å². The zero-order chi connectivity index (χ0) is 12.2. The quantitative estimate of drug-likeness (QED) is 0.847. The van der Waals surface area contributed by atoms with Crippen molar-refractivity contribution < 1.29 is 13.2 Å². The molecule has 0 aromatic carbocycles. The van der Waals surface area contributed by atoms with Crippen molar-refractivity contribution in [3.8, 4) is 0 Å². The lowest BCUT2D eigenvalue weighted by Crippen LogP contribution is -2.19. The summed E-state index contributed by atoms with van der Waals surface area (Å²) in [5.74, 6) is 0.511. The molecule has 0 spiro atoms.